The quantitative estimate of drug-likeness (QED) is 0.877. The number of urea groups is 1. The number of carbonyl (C=O) groups excluding carboxylic acids is 1. The van der Waals surface area contributed by atoms with Crippen LogP contribution in [0.1, 0.15) is 50.9 Å². The van der Waals surface area contributed by atoms with Crippen LogP contribution in [0.15, 0.2) is 35.1 Å². The third-order valence-electron chi connectivity index (χ3n) is 5.00. The minimum absolute atomic E-state index is 0.00839. The molecule has 0 aliphatic carbocycles. The molecule has 7 heteroatoms. The van der Waals surface area contributed by atoms with E-state index in [1.54, 1.807) is 9.25 Å². The summed E-state index contributed by atoms with van der Waals surface area (Å²) in [5, 5.41) is 7.61. The molecule has 0 bridgehead atoms. The van der Waals surface area contributed by atoms with Gasteiger partial charge < -0.3 is 10.2 Å². The van der Waals surface area contributed by atoms with Gasteiger partial charge in [-0.2, -0.15) is 5.10 Å². The molecule has 1 fully saturated rings. The zero-order valence-electron chi connectivity index (χ0n) is 16.4. The number of hydrogen-bond acceptors (Lipinski definition) is 3. The van der Waals surface area contributed by atoms with Crippen molar-refractivity contribution in [3.05, 3.63) is 52.2 Å². The number of hydrogen-bond donors (Lipinski definition) is 1. The Hall–Kier alpha value is -2.57. The molecule has 2 aromatic rings. The first-order chi connectivity index (χ1) is 13.0. The molecule has 2 heterocycles. The average molecular weight is 371 g/mol. The lowest BCUT2D eigenvalue weighted by Gasteiger charge is -2.32. The number of benzene rings is 1. The van der Waals surface area contributed by atoms with Crippen LogP contribution >= 0.6 is 0 Å². The van der Waals surface area contributed by atoms with E-state index >= 15 is 0 Å². The van der Waals surface area contributed by atoms with Crippen molar-refractivity contribution in [1.29, 1.82) is 0 Å². The number of nitrogens with one attached hydrogen (secondary N) is 1. The summed E-state index contributed by atoms with van der Waals surface area (Å²) in [4.78, 5) is 26.8. The Bertz CT molecular complexity index is 817. The van der Waals surface area contributed by atoms with Crippen LogP contribution in [0.2, 0.25) is 0 Å². The van der Waals surface area contributed by atoms with Gasteiger partial charge >= 0.3 is 11.7 Å². The van der Waals surface area contributed by atoms with Gasteiger partial charge in [-0.1, -0.05) is 30.3 Å². The highest BCUT2D eigenvalue weighted by Crippen LogP contribution is 2.26. The largest absolute Gasteiger partial charge is 0.346 e. The van der Waals surface area contributed by atoms with Crippen molar-refractivity contribution in [3.63, 3.8) is 0 Å². The number of likely N-dealkylation sites (tertiary alicyclic amines) is 1. The third kappa shape index (κ3) is 4.40. The number of aromatic nitrogens is 3. The van der Waals surface area contributed by atoms with Crippen molar-refractivity contribution >= 4 is 6.03 Å². The molecule has 1 saturated heterocycles. The average Bonchev–Trinajstić information content (AvgIpc) is 2.97. The van der Waals surface area contributed by atoms with E-state index in [0.717, 1.165) is 24.2 Å². The predicted molar refractivity (Wildman–Crippen MR) is 105 cm³/mol. The topological polar surface area (TPSA) is 72.2 Å². The molecule has 146 valence electrons. The molecule has 1 aliphatic rings. The fraction of sp³-hybridized carbons (Fsp3) is 0.550. The Labute approximate surface area is 160 Å². The lowest BCUT2D eigenvalue weighted by Crippen LogP contribution is -2.46. The highest BCUT2D eigenvalue weighted by atomic mass is 16.2. The third-order valence-corrected chi connectivity index (χ3v) is 5.00. The summed E-state index contributed by atoms with van der Waals surface area (Å²) < 4.78 is 3.34. The van der Waals surface area contributed by atoms with Crippen LogP contribution in [0.25, 0.3) is 0 Å². The van der Waals surface area contributed by atoms with Crippen LogP contribution in [0.4, 0.5) is 4.79 Å². The summed E-state index contributed by atoms with van der Waals surface area (Å²) in [6.45, 7) is 8.37. The van der Waals surface area contributed by atoms with E-state index in [0.29, 0.717) is 26.2 Å². The van der Waals surface area contributed by atoms with E-state index in [9.17, 15) is 9.59 Å². The van der Waals surface area contributed by atoms with Crippen molar-refractivity contribution in [1.82, 2.24) is 24.6 Å². The van der Waals surface area contributed by atoms with E-state index in [4.69, 9.17) is 0 Å². The number of carbonyl (C=O) groups is 1. The van der Waals surface area contributed by atoms with E-state index in [1.165, 1.54) is 0 Å². The van der Waals surface area contributed by atoms with Crippen molar-refractivity contribution in [2.24, 2.45) is 0 Å². The molecule has 1 aromatic heterocycles. The number of rotatable bonds is 5. The summed E-state index contributed by atoms with van der Waals surface area (Å²) in [6.07, 6.45) is 1.65. The summed E-state index contributed by atoms with van der Waals surface area (Å²) in [5.74, 6) is 1.06. The summed E-state index contributed by atoms with van der Waals surface area (Å²) in [6, 6.07) is 10.0. The zero-order valence-corrected chi connectivity index (χ0v) is 16.4. The molecular formula is C20H29N5O2. The zero-order chi connectivity index (χ0) is 19.4. The van der Waals surface area contributed by atoms with Gasteiger partial charge in [0, 0.05) is 31.6 Å². The molecule has 0 atom stereocenters. The van der Waals surface area contributed by atoms with Crippen LogP contribution in [0, 0.1) is 0 Å². The minimum atomic E-state index is -0.0590. The number of piperidine rings is 1. The Morgan fingerprint density at radius 3 is 2.48 bits per heavy atom. The van der Waals surface area contributed by atoms with Gasteiger partial charge in [0.05, 0.1) is 6.54 Å². The maximum Gasteiger partial charge on any atom is 0.346 e. The second-order valence-corrected chi connectivity index (χ2v) is 7.39. The Kier molecular flexibility index (Phi) is 5.98. The van der Waals surface area contributed by atoms with Crippen LogP contribution < -0.4 is 11.0 Å². The molecule has 2 amide bonds. The fourth-order valence-corrected chi connectivity index (χ4v) is 3.60. The molecule has 0 radical (unpaired) electrons. The monoisotopic (exact) mass is 371 g/mol. The fourth-order valence-electron chi connectivity index (χ4n) is 3.60. The molecule has 0 saturated carbocycles. The first-order valence-corrected chi connectivity index (χ1v) is 9.76. The van der Waals surface area contributed by atoms with E-state index in [-0.39, 0.29) is 23.7 Å². The van der Waals surface area contributed by atoms with Crippen LogP contribution in [0.5, 0.6) is 0 Å². The standard InChI is InChI=1S/C20H29N5O2/c1-4-24-18(17-10-12-23(13-11-17)19(26)21-15(2)3)22-25(20(24)27)14-16-8-6-5-7-9-16/h5-9,15,17H,4,10-14H2,1-3H3,(H,21,26). The highest BCUT2D eigenvalue weighted by Gasteiger charge is 2.28. The lowest BCUT2D eigenvalue weighted by molar-refractivity contribution is 0.177. The Morgan fingerprint density at radius 2 is 1.89 bits per heavy atom. The van der Waals surface area contributed by atoms with Gasteiger partial charge in [0.15, 0.2) is 0 Å². The van der Waals surface area contributed by atoms with Gasteiger partial charge in [-0.15, -0.1) is 0 Å². The van der Waals surface area contributed by atoms with Crippen molar-refractivity contribution in [2.45, 2.75) is 58.7 Å². The highest BCUT2D eigenvalue weighted by molar-refractivity contribution is 5.74. The van der Waals surface area contributed by atoms with E-state index in [2.05, 4.69) is 10.4 Å². The first kappa shape index (κ1) is 19.2. The molecule has 27 heavy (non-hydrogen) atoms. The Morgan fingerprint density at radius 1 is 1.22 bits per heavy atom. The van der Waals surface area contributed by atoms with Crippen molar-refractivity contribution in [3.8, 4) is 0 Å². The second-order valence-electron chi connectivity index (χ2n) is 7.39. The SMILES string of the molecule is CCn1c(C2CCN(C(=O)NC(C)C)CC2)nn(Cc2ccccc2)c1=O. The lowest BCUT2D eigenvalue weighted by atomic mass is 9.96. The molecule has 3 rings (SSSR count). The first-order valence-electron chi connectivity index (χ1n) is 9.76. The second kappa shape index (κ2) is 8.41. The van der Waals surface area contributed by atoms with Gasteiger partial charge in [-0.05, 0) is 39.2 Å². The number of nitrogens with zero attached hydrogens (tertiary/aromatic N) is 4. The van der Waals surface area contributed by atoms with Gasteiger partial charge in [0.2, 0.25) is 0 Å². The van der Waals surface area contributed by atoms with Gasteiger partial charge in [-0.25, -0.2) is 14.3 Å². The molecule has 7 nitrogen and oxygen atoms in total. The van der Waals surface area contributed by atoms with Crippen LogP contribution in [-0.2, 0) is 13.1 Å². The number of amides is 2. The van der Waals surface area contributed by atoms with Crippen molar-refractivity contribution < 1.29 is 4.79 Å². The van der Waals surface area contributed by atoms with Crippen LogP contribution in [-0.4, -0.2) is 44.4 Å². The van der Waals surface area contributed by atoms with Gasteiger partial charge in [-0.3, -0.25) is 4.57 Å². The van der Waals surface area contributed by atoms with E-state index in [1.807, 2.05) is 56.0 Å². The molecular weight excluding hydrogens is 342 g/mol. The maximum absolute atomic E-state index is 12.8. The smallest absolute Gasteiger partial charge is 0.336 e. The van der Waals surface area contributed by atoms with Gasteiger partial charge in [0.1, 0.15) is 5.82 Å². The summed E-state index contributed by atoms with van der Waals surface area (Å²) >= 11 is 0. The molecule has 0 spiro atoms. The summed E-state index contributed by atoms with van der Waals surface area (Å²) in [5.41, 5.74) is 1.00. The maximum atomic E-state index is 12.8. The minimum Gasteiger partial charge on any atom is -0.336 e. The predicted octanol–water partition coefficient (Wildman–Crippen LogP) is 2.41. The molecule has 1 aliphatic heterocycles. The van der Waals surface area contributed by atoms with Gasteiger partial charge in [0.25, 0.3) is 0 Å². The van der Waals surface area contributed by atoms with E-state index < -0.39 is 0 Å². The molecule has 1 aromatic carbocycles. The van der Waals surface area contributed by atoms with Crippen molar-refractivity contribution in [2.75, 3.05) is 13.1 Å². The van der Waals surface area contributed by atoms with Crippen LogP contribution in [0.3, 0.4) is 0 Å². The Balaban J connectivity index is 1.73. The molecule has 1 N–H and O–H groups in total. The molecule has 0 unspecified atom stereocenters. The summed E-state index contributed by atoms with van der Waals surface area (Å²) in [7, 11) is 0. The normalized spacial score (nSPS) is 15.3.